The van der Waals surface area contributed by atoms with Gasteiger partial charge in [-0.3, -0.25) is 0 Å². The van der Waals surface area contributed by atoms with E-state index in [-0.39, 0.29) is 5.82 Å². The van der Waals surface area contributed by atoms with Crippen LogP contribution >= 0.6 is 0 Å². The first-order valence-electron chi connectivity index (χ1n) is 7.95. The Morgan fingerprint density at radius 3 is 2.35 bits per heavy atom. The summed E-state index contributed by atoms with van der Waals surface area (Å²) in [7, 11) is 0. The average molecular weight is 279 g/mol. The summed E-state index contributed by atoms with van der Waals surface area (Å²) in [5, 5.41) is 0. The summed E-state index contributed by atoms with van der Waals surface area (Å²) in [6.07, 6.45) is 9.06. The van der Waals surface area contributed by atoms with Crippen molar-refractivity contribution in [2.45, 2.75) is 44.9 Å². The van der Waals surface area contributed by atoms with E-state index in [1.807, 2.05) is 0 Å². The number of benzene rings is 1. The molecule has 20 heavy (non-hydrogen) atoms. The SMILES string of the molecule is Fc1ccc(OCCCCCCN2CCCCC2)cc1. The second kappa shape index (κ2) is 8.96. The van der Waals surface area contributed by atoms with Crippen molar-refractivity contribution < 1.29 is 9.13 Å². The molecule has 0 aromatic heterocycles. The Morgan fingerprint density at radius 2 is 1.60 bits per heavy atom. The lowest BCUT2D eigenvalue weighted by atomic mass is 10.1. The minimum atomic E-state index is -0.213. The highest BCUT2D eigenvalue weighted by Gasteiger charge is 2.08. The molecular formula is C17H26FNO. The molecule has 0 atom stereocenters. The van der Waals surface area contributed by atoms with E-state index in [1.165, 1.54) is 70.3 Å². The van der Waals surface area contributed by atoms with Crippen LogP contribution in [0.3, 0.4) is 0 Å². The Labute approximate surface area is 121 Å². The number of likely N-dealkylation sites (tertiary alicyclic amines) is 1. The molecule has 112 valence electrons. The van der Waals surface area contributed by atoms with Crippen molar-refractivity contribution in [1.82, 2.24) is 4.90 Å². The molecule has 0 unspecified atom stereocenters. The fourth-order valence-corrected chi connectivity index (χ4v) is 2.69. The van der Waals surface area contributed by atoms with E-state index in [2.05, 4.69) is 4.90 Å². The number of halogens is 1. The lowest BCUT2D eigenvalue weighted by Gasteiger charge is -2.26. The Morgan fingerprint density at radius 1 is 0.900 bits per heavy atom. The van der Waals surface area contributed by atoms with Crippen molar-refractivity contribution >= 4 is 0 Å². The zero-order valence-electron chi connectivity index (χ0n) is 12.3. The molecule has 0 saturated carbocycles. The van der Waals surface area contributed by atoms with Gasteiger partial charge in [0, 0.05) is 0 Å². The highest BCUT2D eigenvalue weighted by atomic mass is 19.1. The van der Waals surface area contributed by atoms with E-state index in [4.69, 9.17) is 4.74 Å². The monoisotopic (exact) mass is 279 g/mol. The van der Waals surface area contributed by atoms with Gasteiger partial charge in [0.1, 0.15) is 11.6 Å². The average Bonchev–Trinajstić information content (AvgIpc) is 2.49. The highest BCUT2D eigenvalue weighted by Crippen LogP contribution is 2.13. The van der Waals surface area contributed by atoms with Gasteiger partial charge in [0.15, 0.2) is 0 Å². The zero-order valence-corrected chi connectivity index (χ0v) is 12.3. The van der Waals surface area contributed by atoms with E-state index < -0.39 is 0 Å². The molecule has 1 aliphatic heterocycles. The third kappa shape index (κ3) is 5.91. The van der Waals surface area contributed by atoms with E-state index in [1.54, 1.807) is 12.1 Å². The van der Waals surface area contributed by atoms with E-state index >= 15 is 0 Å². The summed E-state index contributed by atoms with van der Waals surface area (Å²) in [6.45, 7) is 4.59. The normalized spacial score (nSPS) is 16.2. The molecular weight excluding hydrogens is 253 g/mol. The molecule has 3 heteroatoms. The maximum atomic E-state index is 12.7. The summed E-state index contributed by atoms with van der Waals surface area (Å²) in [5.41, 5.74) is 0. The van der Waals surface area contributed by atoms with Gasteiger partial charge in [0.05, 0.1) is 6.61 Å². The van der Waals surface area contributed by atoms with Gasteiger partial charge in [-0.05, 0) is 69.6 Å². The molecule has 0 radical (unpaired) electrons. The number of ether oxygens (including phenoxy) is 1. The Hall–Kier alpha value is -1.09. The summed E-state index contributed by atoms with van der Waals surface area (Å²) >= 11 is 0. The second-order valence-electron chi connectivity index (χ2n) is 5.62. The van der Waals surface area contributed by atoms with Crippen molar-refractivity contribution in [3.8, 4) is 5.75 Å². The molecule has 1 saturated heterocycles. The summed E-state index contributed by atoms with van der Waals surface area (Å²) in [5.74, 6) is 0.551. The van der Waals surface area contributed by atoms with E-state index in [0.717, 1.165) is 18.8 Å². The van der Waals surface area contributed by atoms with Crippen molar-refractivity contribution in [2.75, 3.05) is 26.2 Å². The van der Waals surface area contributed by atoms with Crippen LogP contribution in [-0.4, -0.2) is 31.1 Å². The third-order valence-electron chi connectivity index (χ3n) is 3.90. The minimum Gasteiger partial charge on any atom is -0.494 e. The maximum absolute atomic E-state index is 12.7. The van der Waals surface area contributed by atoms with Crippen LogP contribution in [0.5, 0.6) is 5.75 Å². The minimum absolute atomic E-state index is 0.213. The lowest BCUT2D eigenvalue weighted by molar-refractivity contribution is 0.223. The first-order chi connectivity index (χ1) is 9.84. The summed E-state index contributed by atoms with van der Waals surface area (Å²) in [4.78, 5) is 2.60. The van der Waals surface area contributed by atoms with Gasteiger partial charge in [0.25, 0.3) is 0 Å². The zero-order chi connectivity index (χ0) is 14.0. The Kier molecular flexibility index (Phi) is 6.85. The van der Waals surface area contributed by atoms with Crippen LogP contribution in [0.2, 0.25) is 0 Å². The van der Waals surface area contributed by atoms with Gasteiger partial charge in [0.2, 0.25) is 0 Å². The first-order valence-corrected chi connectivity index (χ1v) is 7.95. The summed E-state index contributed by atoms with van der Waals surface area (Å²) < 4.78 is 18.3. The van der Waals surface area contributed by atoms with Crippen LogP contribution < -0.4 is 4.74 Å². The van der Waals surface area contributed by atoms with Crippen molar-refractivity contribution in [2.24, 2.45) is 0 Å². The molecule has 1 aromatic carbocycles. The quantitative estimate of drug-likeness (QED) is 0.660. The van der Waals surface area contributed by atoms with Crippen LogP contribution in [0.15, 0.2) is 24.3 Å². The largest absolute Gasteiger partial charge is 0.494 e. The molecule has 0 aliphatic carbocycles. The summed E-state index contributed by atoms with van der Waals surface area (Å²) in [6, 6.07) is 6.25. The Balaban J connectivity index is 1.44. The van der Waals surface area contributed by atoms with Gasteiger partial charge >= 0.3 is 0 Å². The van der Waals surface area contributed by atoms with Crippen LogP contribution in [0.4, 0.5) is 4.39 Å². The standard InChI is InChI=1S/C17H26FNO/c18-16-8-10-17(11-9-16)20-15-7-2-1-4-12-19-13-5-3-6-14-19/h8-11H,1-7,12-15H2. The Bertz CT molecular complexity index is 360. The van der Waals surface area contributed by atoms with Gasteiger partial charge < -0.3 is 9.64 Å². The van der Waals surface area contributed by atoms with E-state index in [9.17, 15) is 4.39 Å². The molecule has 0 spiro atoms. The van der Waals surface area contributed by atoms with Crippen molar-refractivity contribution in [3.63, 3.8) is 0 Å². The predicted octanol–water partition coefficient (Wildman–Crippen LogP) is 4.25. The second-order valence-corrected chi connectivity index (χ2v) is 5.62. The maximum Gasteiger partial charge on any atom is 0.123 e. The van der Waals surface area contributed by atoms with Gasteiger partial charge in [-0.2, -0.15) is 0 Å². The number of hydrogen-bond donors (Lipinski definition) is 0. The first kappa shape index (κ1) is 15.3. The topological polar surface area (TPSA) is 12.5 Å². The fraction of sp³-hybridized carbons (Fsp3) is 0.647. The van der Waals surface area contributed by atoms with Crippen LogP contribution in [-0.2, 0) is 0 Å². The van der Waals surface area contributed by atoms with Crippen molar-refractivity contribution in [1.29, 1.82) is 0 Å². The molecule has 1 aliphatic rings. The molecule has 0 amide bonds. The lowest BCUT2D eigenvalue weighted by Crippen LogP contribution is -2.30. The molecule has 0 bridgehead atoms. The number of piperidine rings is 1. The highest BCUT2D eigenvalue weighted by molar-refractivity contribution is 5.21. The number of unbranched alkanes of at least 4 members (excludes halogenated alkanes) is 3. The molecule has 0 N–H and O–H groups in total. The van der Waals surface area contributed by atoms with Crippen LogP contribution in [0.25, 0.3) is 0 Å². The van der Waals surface area contributed by atoms with Gasteiger partial charge in [-0.25, -0.2) is 4.39 Å². The van der Waals surface area contributed by atoms with Gasteiger partial charge in [-0.1, -0.05) is 19.3 Å². The number of nitrogens with zero attached hydrogens (tertiary/aromatic N) is 1. The van der Waals surface area contributed by atoms with Crippen LogP contribution in [0, 0.1) is 5.82 Å². The molecule has 1 fully saturated rings. The number of hydrogen-bond acceptors (Lipinski definition) is 2. The fourth-order valence-electron chi connectivity index (χ4n) is 2.69. The molecule has 1 heterocycles. The van der Waals surface area contributed by atoms with E-state index in [0.29, 0.717) is 0 Å². The van der Waals surface area contributed by atoms with Gasteiger partial charge in [-0.15, -0.1) is 0 Å². The predicted molar refractivity (Wildman–Crippen MR) is 80.7 cm³/mol. The molecule has 2 rings (SSSR count). The molecule has 2 nitrogen and oxygen atoms in total. The van der Waals surface area contributed by atoms with Crippen molar-refractivity contribution in [3.05, 3.63) is 30.1 Å². The third-order valence-corrected chi connectivity index (χ3v) is 3.90. The van der Waals surface area contributed by atoms with Crippen LogP contribution in [0.1, 0.15) is 44.9 Å². The number of rotatable bonds is 8. The smallest absolute Gasteiger partial charge is 0.123 e. The molecule has 1 aromatic rings.